The number of hydrogen-bond donors (Lipinski definition) is 0. The number of nitrogens with zero attached hydrogens (tertiary/aromatic N) is 2. The number of fused-ring (bicyclic) bond motifs is 4. The molecule has 6 rings (SSSR count). The molecule has 0 fully saturated rings. The van der Waals surface area contributed by atoms with E-state index in [0.29, 0.717) is 11.0 Å². The van der Waals surface area contributed by atoms with Gasteiger partial charge < -0.3 is 0 Å². The van der Waals surface area contributed by atoms with Crippen molar-refractivity contribution in [3.8, 4) is 0 Å². The van der Waals surface area contributed by atoms with Gasteiger partial charge in [-0.2, -0.15) is 0 Å². The van der Waals surface area contributed by atoms with Gasteiger partial charge in [-0.1, -0.05) is 67.1 Å². The van der Waals surface area contributed by atoms with Crippen molar-refractivity contribution in [3.63, 3.8) is 0 Å². The van der Waals surface area contributed by atoms with Gasteiger partial charge in [0.1, 0.15) is 22.7 Å². The molecule has 0 saturated heterocycles. The fourth-order valence-corrected chi connectivity index (χ4v) is 7.12. The zero-order valence-electron chi connectivity index (χ0n) is 20.1. The van der Waals surface area contributed by atoms with Crippen LogP contribution in [0.15, 0.2) is 94.7 Å². The van der Waals surface area contributed by atoms with E-state index in [1.807, 2.05) is 48.5 Å². The average Bonchev–Trinajstić information content (AvgIpc) is 2.92. The molecule has 0 atom stereocenters. The first-order chi connectivity index (χ1) is 18.2. The largest absolute Gasteiger partial charge is 0.245 e. The number of rotatable bonds is 8. The van der Waals surface area contributed by atoms with E-state index in [9.17, 15) is 8.78 Å². The fraction of sp³-hybridized carbons (Fsp3) is 0.161. The summed E-state index contributed by atoms with van der Waals surface area (Å²) >= 11 is 3.57. The maximum absolute atomic E-state index is 14.5. The molecule has 2 aromatic heterocycles. The number of halogens is 2. The molecule has 0 saturated carbocycles. The molecule has 0 N–H and O–H groups in total. The molecule has 2 heterocycles. The second-order valence-corrected chi connectivity index (χ2v) is 11.2. The van der Waals surface area contributed by atoms with Gasteiger partial charge in [0.05, 0.1) is 11.0 Å². The fourth-order valence-electron chi connectivity index (χ4n) is 4.72. The lowest BCUT2D eigenvalue weighted by Gasteiger charge is -2.12. The summed E-state index contributed by atoms with van der Waals surface area (Å²) in [6.07, 6.45) is 3.21. The van der Waals surface area contributed by atoms with Crippen LogP contribution in [0.4, 0.5) is 8.78 Å². The molecule has 0 unspecified atom stereocenters. The molecule has 0 radical (unpaired) electrons. The van der Waals surface area contributed by atoms with Crippen molar-refractivity contribution in [1.29, 1.82) is 0 Å². The van der Waals surface area contributed by atoms with E-state index < -0.39 is 0 Å². The second-order valence-electron chi connectivity index (χ2n) is 8.95. The van der Waals surface area contributed by atoms with Crippen molar-refractivity contribution in [2.45, 2.75) is 29.1 Å². The van der Waals surface area contributed by atoms with Gasteiger partial charge in [0.2, 0.25) is 0 Å². The minimum Gasteiger partial charge on any atom is -0.245 e. The first-order valence-corrected chi connectivity index (χ1v) is 14.4. The molecule has 0 aliphatic carbocycles. The van der Waals surface area contributed by atoms with Gasteiger partial charge in [-0.3, -0.25) is 0 Å². The number of thioether (sulfide) groups is 2. The summed E-state index contributed by atoms with van der Waals surface area (Å²) in [6.45, 7) is 0. The van der Waals surface area contributed by atoms with E-state index in [-0.39, 0.29) is 11.6 Å². The summed E-state index contributed by atoms with van der Waals surface area (Å²) in [5.74, 6) is 1.35. The van der Waals surface area contributed by atoms with Crippen LogP contribution < -0.4 is 0 Å². The van der Waals surface area contributed by atoms with Crippen LogP contribution in [0.25, 0.3) is 43.6 Å². The maximum atomic E-state index is 14.5. The van der Waals surface area contributed by atoms with Crippen molar-refractivity contribution >= 4 is 67.1 Å². The lowest BCUT2D eigenvalue weighted by Crippen LogP contribution is -1.92. The van der Waals surface area contributed by atoms with E-state index in [2.05, 4.69) is 22.1 Å². The molecule has 0 amide bonds. The normalized spacial score (nSPS) is 11.7. The summed E-state index contributed by atoms with van der Waals surface area (Å²) < 4.78 is 29.0. The highest BCUT2D eigenvalue weighted by Crippen LogP contribution is 2.37. The van der Waals surface area contributed by atoms with Gasteiger partial charge >= 0.3 is 0 Å². The molecule has 4 aromatic carbocycles. The Balaban J connectivity index is 1.12. The number of aromatic nitrogens is 2. The molecule has 6 aromatic rings. The number of pyridine rings is 2. The third-order valence-corrected chi connectivity index (χ3v) is 8.95. The van der Waals surface area contributed by atoms with Crippen LogP contribution in [0.3, 0.4) is 0 Å². The second kappa shape index (κ2) is 10.6. The topological polar surface area (TPSA) is 25.8 Å². The lowest BCUT2D eigenvalue weighted by molar-refractivity contribution is 0.636. The van der Waals surface area contributed by atoms with Crippen LogP contribution in [0.5, 0.6) is 0 Å². The highest BCUT2D eigenvalue weighted by atomic mass is 32.2. The Morgan fingerprint density at radius 2 is 0.919 bits per heavy atom. The van der Waals surface area contributed by atoms with Gasteiger partial charge in [-0.05, 0) is 48.6 Å². The van der Waals surface area contributed by atoms with Crippen molar-refractivity contribution in [3.05, 3.63) is 96.6 Å². The van der Waals surface area contributed by atoms with Crippen LogP contribution in [-0.4, -0.2) is 21.5 Å². The number of hydrogen-bond acceptors (Lipinski definition) is 4. The Labute approximate surface area is 222 Å². The molecule has 0 aliphatic heterocycles. The molecular weight excluding hydrogens is 502 g/mol. The van der Waals surface area contributed by atoms with Gasteiger partial charge in [0.25, 0.3) is 0 Å². The van der Waals surface area contributed by atoms with Gasteiger partial charge in [0.15, 0.2) is 0 Å². The standard InChI is InChI=1S/C31H24F2N2S2/c32-24-14-8-12-22-28(24)34-26-16-4-2-10-20(26)30(22)36-18-6-1-7-19-37-31-21-11-3-5-17-27(21)35-29-23(31)13-9-15-25(29)33/h2-5,8-17H,1,6-7,18-19H2. The maximum Gasteiger partial charge on any atom is 0.149 e. The van der Waals surface area contributed by atoms with E-state index in [0.717, 1.165) is 73.1 Å². The Bertz CT molecular complexity index is 1620. The van der Waals surface area contributed by atoms with Crippen LogP contribution in [0.1, 0.15) is 19.3 Å². The van der Waals surface area contributed by atoms with E-state index in [4.69, 9.17) is 0 Å². The van der Waals surface area contributed by atoms with E-state index in [1.165, 1.54) is 12.1 Å². The third-order valence-electron chi connectivity index (χ3n) is 6.51. The minimum atomic E-state index is -0.279. The highest BCUT2D eigenvalue weighted by molar-refractivity contribution is 8.00. The molecule has 0 aliphatic rings. The molecule has 0 bridgehead atoms. The average molecular weight is 527 g/mol. The molecule has 0 spiro atoms. The van der Waals surface area contributed by atoms with E-state index in [1.54, 1.807) is 35.7 Å². The van der Waals surface area contributed by atoms with Crippen molar-refractivity contribution in [1.82, 2.24) is 9.97 Å². The zero-order valence-corrected chi connectivity index (χ0v) is 21.7. The van der Waals surface area contributed by atoms with Crippen LogP contribution in [0.2, 0.25) is 0 Å². The molecule has 6 heteroatoms. The predicted molar refractivity (Wildman–Crippen MR) is 154 cm³/mol. The van der Waals surface area contributed by atoms with Crippen molar-refractivity contribution in [2.75, 3.05) is 11.5 Å². The Hall–Kier alpha value is -3.22. The third kappa shape index (κ3) is 4.76. The van der Waals surface area contributed by atoms with Crippen LogP contribution >= 0.6 is 23.5 Å². The predicted octanol–water partition coefficient (Wildman–Crippen LogP) is 9.42. The van der Waals surface area contributed by atoms with Gasteiger partial charge in [-0.25, -0.2) is 18.7 Å². The molecular formula is C31H24F2N2S2. The van der Waals surface area contributed by atoms with Crippen molar-refractivity contribution < 1.29 is 8.78 Å². The smallest absolute Gasteiger partial charge is 0.149 e. The Morgan fingerprint density at radius 3 is 1.41 bits per heavy atom. The summed E-state index contributed by atoms with van der Waals surface area (Å²) in [6, 6.07) is 26.3. The molecule has 184 valence electrons. The number of unbranched alkanes of at least 4 members (excludes halogenated alkanes) is 2. The molecule has 37 heavy (non-hydrogen) atoms. The highest BCUT2D eigenvalue weighted by Gasteiger charge is 2.13. The summed E-state index contributed by atoms with van der Waals surface area (Å²) in [4.78, 5) is 11.3. The van der Waals surface area contributed by atoms with Crippen molar-refractivity contribution in [2.24, 2.45) is 0 Å². The SMILES string of the molecule is Fc1cccc2c(SCCCCCSc3c4ccccc4nc4c(F)cccc34)c3ccccc3nc12. The quantitative estimate of drug-likeness (QED) is 0.112. The minimum absolute atomic E-state index is 0.279. The summed E-state index contributed by atoms with van der Waals surface area (Å²) in [7, 11) is 0. The lowest BCUT2D eigenvalue weighted by atomic mass is 10.1. The summed E-state index contributed by atoms with van der Waals surface area (Å²) in [5, 5.41) is 3.90. The van der Waals surface area contributed by atoms with Gasteiger partial charge in [0, 0.05) is 31.3 Å². The van der Waals surface area contributed by atoms with Gasteiger partial charge in [-0.15, -0.1) is 23.5 Å². The summed E-state index contributed by atoms with van der Waals surface area (Å²) in [5.41, 5.74) is 2.53. The van der Waals surface area contributed by atoms with Crippen LogP contribution in [0, 0.1) is 11.6 Å². The number of para-hydroxylation sites is 4. The first kappa shape index (κ1) is 24.1. The Morgan fingerprint density at radius 1 is 0.486 bits per heavy atom. The van der Waals surface area contributed by atoms with E-state index >= 15 is 0 Å². The van der Waals surface area contributed by atoms with Crippen LogP contribution in [-0.2, 0) is 0 Å². The number of benzene rings is 4. The zero-order chi connectivity index (χ0) is 25.2. The monoisotopic (exact) mass is 526 g/mol. The first-order valence-electron chi connectivity index (χ1n) is 12.4. The Kier molecular flexibility index (Phi) is 6.94. The molecule has 2 nitrogen and oxygen atoms in total.